The van der Waals surface area contributed by atoms with Gasteiger partial charge in [0.05, 0.1) is 6.26 Å². The number of ether oxygens (including phenoxy) is 1. The van der Waals surface area contributed by atoms with E-state index in [4.69, 9.17) is 9.15 Å². The lowest BCUT2D eigenvalue weighted by atomic mass is 9.94. The van der Waals surface area contributed by atoms with Crippen molar-refractivity contribution in [1.82, 2.24) is 5.32 Å². The topological polar surface area (TPSA) is 34.4 Å². The van der Waals surface area contributed by atoms with Crippen LogP contribution in [0.5, 0.6) is 5.75 Å². The van der Waals surface area contributed by atoms with Gasteiger partial charge in [0, 0.05) is 17.4 Å². The second-order valence-corrected chi connectivity index (χ2v) is 6.07. The lowest BCUT2D eigenvalue weighted by molar-refractivity contribution is 0.0787. The smallest absolute Gasteiger partial charge is 0.175 e. The van der Waals surface area contributed by atoms with Crippen LogP contribution in [0.4, 0.5) is 0 Å². The Hall–Kier alpha value is -1.78. The van der Waals surface area contributed by atoms with Crippen molar-refractivity contribution >= 4 is 22.3 Å². The van der Waals surface area contributed by atoms with Crippen molar-refractivity contribution < 1.29 is 9.15 Å². The Morgan fingerprint density at radius 2 is 2.19 bits per heavy atom. The molecule has 1 aromatic carbocycles. The quantitative estimate of drug-likeness (QED) is 0.733. The lowest BCUT2D eigenvalue weighted by Gasteiger charge is -2.30. The molecule has 2 aromatic heterocycles. The van der Waals surface area contributed by atoms with E-state index in [1.54, 1.807) is 17.6 Å². The second-order valence-electron chi connectivity index (χ2n) is 5.29. The first-order valence-corrected chi connectivity index (χ1v) is 8.00. The predicted octanol–water partition coefficient (Wildman–Crippen LogP) is 4.40. The number of nitrogens with one attached hydrogen (secondary N) is 1. The zero-order chi connectivity index (χ0) is 14.7. The van der Waals surface area contributed by atoms with Crippen LogP contribution in [0.25, 0.3) is 11.0 Å². The first-order chi connectivity index (χ1) is 10.2. The Morgan fingerprint density at radius 1 is 1.29 bits per heavy atom. The van der Waals surface area contributed by atoms with Crippen LogP contribution in [0, 0.1) is 0 Å². The van der Waals surface area contributed by atoms with Crippen molar-refractivity contribution in [3.05, 3.63) is 52.9 Å². The molecule has 1 N–H and O–H groups in total. The maximum absolute atomic E-state index is 6.39. The van der Waals surface area contributed by atoms with Gasteiger partial charge in [-0.1, -0.05) is 12.1 Å². The van der Waals surface area contributed by atoms with Crippen molar-refractivity contribution in [1.29, 1.82) is 0 Å². The van der Waals surface area contributed by atoms with Crippen LogP contribution in [0.2, 0.25) is 0 Å². The summed E-state index contributed by atoms with van der Waals surface area (Å²) in [5.74, 6) is 0.794. The molecule has 110 valence electrons. The summed E-state index contributed by atoms with van der Waals surface area (Å²) in [6, 6.07) is 10.1. The Bertz CT molecular complexity index is 704. The van der Waals surface area contributed by atoms with Crippen molar-refractivity contribution in [3.63, 3.8) is 0 Å². The molecule has 2 heterocycles. The molecule has 3 rings (SSSR count). The third-order valence-corrected chi connectivity index (χ3v) is 4.45. The van der Waals surface area contributed by atoms with E-state index in [0.717, 1.165) is 29.7 Å². The summed E-state index contributed by atoms with van der Waals surface area (Å²) >= 11 is 1.69. The van der Waals surface area contributed by atoms with E-state index in [1.165, 1.54) is 5.56 Å². The highest BCUT2D eigenvalue weighted by molar-refractivity contribution is 7.08. The molecule has 0 spiro atoms. The monoisotopic (exact) mass is 301 g/mol. The second kappa shape index (κ2) is 5.92. The van der Waals surface area contributed by atoms with E-state index >= 15 is 0 Å². The van der Waals surface area contributed by atoms with Crippen LogP contribution < -0.4 is 10.1 Å². The molecule has 0 saturated carbocycles. The Balaban J connectivity index is 1.96. The van der Waals surface area contributed by atoms with Gasteiger partial charge in [-0.3, -0.25) is 0 Å². The molecule has 0 amide bonds. The molecule has 0 fully saturated rings. The summed E-state index contributed by atoms with van der Waals surface area (Å²) < 4.78 is 12.0. The molecule has 3 nitrogen and oxygen atoms in total. The Kier molecular flexibility index (Phi) is 3.99. The number of hydrogen-bond donors (Lipinski definition) is 1. The number of benzene rings is 1. The van der Waals surface area contributed by atoms with Gasteiger partial charge in [-0.05, 0) is 49.5 Å². The Labute approximate surface area is 128 Å². The highest BCUT2D eigenvalue weighted by Crippen LogP contribution is 2.36. The molecule has 21 heavy (non-hydrogen) atoms. The predicted molar refractivity (Wildman–Crippen MR) is 87.1 cm³/mol. The minimum atomic E-state index is -0.371. The van der Waals surface area contributed by atoms with Crippen molar-refractivity contribution in [3.8, 4) is 5.75 Å². The number of para-hydroxylation sites is 1. The van der Waals surface area contributed by atoms with Crippen molar-refractivity contribution in [2.45, 2.75) is 18.9 Å². The third-order valence-electron chi connectivity index (χ3n) is 3.76. The summed E-state index contributed by atoms with van der Waals surface area (Å²) in [6.45, 7) is 3.02. The summed E-state index contributed by atoms with van der Waals surface area (Å²) in [5.41, 5.74) is 1.64. The fourth-order valence-electron chi connectivity index (χ4n) is 2.47. The number of rotatable bonds is 6. The van der Waals surface area contributed by atoms with Crippen LogP contribution in [0.3, 0.4) is 0 Å². The molecule has 1 atom stereocenters. The third kappa shape index (κ3) is 2.82. The van der Waals surface area contributed by atoms with E-state index in [0.29, 0.717) is 0 Å². The minimum Gasteiger partial charge on any atom is -0.479 e. The first-order valence-electron chi connectivity index (χ1n) is 7.05. The van der Waals surface area contributed by atoms with Crippen LogP contribution in [-0.4, -0.2) is 13.6 Å². The molecular formula is C17H19NO2S. The molecule has 0 aliphatic heterocycles. The van der Waals surface area contributed by atoms with Gasteiger partial charge < -0.3 is 14.5 Å². The zero-order valence-corrected chi connectivity index (χ0v) is 13.1. The van der Waals surface area contributed by atoms with Crippen molar-refractivity contribution in [2.24, 2.45) is 0 Å². The summed E-state index contributed by atoms with van der Waals surface area (Å²) in [6.07, 6.45) is 2.59. The normalized spacial score (nSPS) is 14.2. The van der Waals surface area contributed by atoms with Crippen molar-refractivity contribution in [2.75, 3.05) is 13.6 Å². The van der Waals surface area contributed by atoms with Gasteiger partial charge in [-0.25, -0.2) is 0 Å². The standard InChI is InChI=1S/C17H19NO2S/c1-17(8-9-18-2,14-7-11-21-12-14)20-15-5-3-4-13-6-10-19-16(13)15/h3-7,10-12,18H,8-9H2,1-2H3/t17-/m0/s1. The maximum Gasteiger partial charge on any atom is 0.175 e. The van der Waals surface area contributed by atoms with E-state index in [2.05, 4.69) is 29.1 Å². The van der Waals surface area contributed by atoms with Gasteiger partial charge in [0.2, 0.25) is 0 Å². The van der Waals surface area contributed by atoms with E-state index in [-0.39, 0.29) is 5.60 Å². The first kappa shape index (κ1) is 14.2. The SMILES string of the molecule is CNCC[C@](C)(Oc1cccc2ccoc12)c1ccsc1. The average molecular weight is 301 g/mol. The molecule has 0 aliphatic rings. The average Bonchev–Trinajstić information content (AvgIpc) is 3.16. The number of thiophene rings is 1. The van der Waals surface area contributed by atoms with Gasteiger partial charge in [0.25, 0.3) is 0 Å². The van der Waals surface area contributed by atoms with Crippen LogP contribution in [0.1, 0.15) is 18.9 Å². The largest absolute Gasteiger partial charge is 0.479 e. The highest BCUT2D eigenvalue weighted by atomic mass is 32.1. The number of hydrogen-bond acceptors (Lipinski definition) is 4. The molecule has 0 bridgehead atoms. The van der Waals surface area contributed by atoms with Crippen LogP contribution in [-0.2, 0) is 5.60 Å². The summed E-state index contributed by atoms with van der Waals surface area (Å²) in [4.78, 5) is 0. The fraction of sp³-hybridized carbons (Fsp3) is 0.294. The molecule has 0 aliphatic carbocycles. The van der Waals surface area contributed by atoms with Gasteiger partial charge in [0.15, 0.2) is 11.3 Å². The minimum absolute atomic E-state index is 0.371. The summed E-state index contributed by atoms with van der Waals surface area (Å²) in [5, 5.41) is 8.50. The molecule has 4 heteroatoms. The fourth-order valence-corrected chi connectivity index (χ4v) is 3.25. The maximum atomic E-state index is 6.39. The molecule has 0 unspecified atom stereocenters. The molecular weight excluding hydrogens is 282 g/mol. The van der Waals surface area contributed by atoms with E-state index < -0.39 is 0 Å². The number of furan rings is 1. The van der Waals surface area contributed by atoms with Gasteiger partial charge >= 0.3 is 0 Å². The van der Waals surface area contributed by atoms with Crippen LogP contribution >= 0.6 is 11.3 Å². The molecule has 3 aromatic rings. The van der Waals surface area contributed by atoms with Gasteiger partial charge in [-0.2, -0.15) is 11.3 Å². The van der Waals surface area contributed by atoms with Gasteiger partial charge in [-0.15, -0.1) is 0 Å². The Morgan fingerprint density at radius 3 is 2.95 bits per heavy atom. The molecule has 0 radical (unpaired) electrons. The number of fused-ring (bicyclic) bond motifs is 1. The molecule has 0 saturated heterocycles. The lowest BCUT2D eigenvalue weighted by Crippen LogP contribution is -2.32. The highest BCUT2D eigenvalue weighted by Gasteiger charge is 2.30. The van der Waals surface area contributed by atoms with Gasteiger partial charge in [0.1, 0.15) is 5.60 Å². The zero-order valence-electron chi connectivity index (χ0n) is 12.3. The van der Waals surface area contributed by atoms with E-state index in [9.17, 15) is 0 Å². The summed E-state index contributed by atoms with van der Waals surface area (Å²) in [7, 11) is 1.96. The van der Waals surface area contributed by atoms with Crippen LogP contribution in [0.15, 0.2) is 51.8 Å². The van der Waals surface area contributed by atoms with E-state index in [1.807, 2.05) is 31.3 Å².